The van der Waals surface area contributed by atoms with Crippen LogP contribution in [0.2, 0.25) is 10.0 Å². The predicted octanol–water partition coefficient (Wildman–Crippen LogP) is 3.24. The zero-order chi connectivity index (χ0) is 13.8. The van der Waals surface area contributed by atoms with Crippen molar-refractivity contribution >= 4 is 23.2 Å². The van der Waals surface area contributed by atoms with Gasteiger partial charge in [-0.15, -0.1) is 0 Å². The highest BCUT2D eigenvalue weighted by molar-refractivity contribution is 6.34. The zero-order valence-electron chi connectivity index (χ0n) is 10.7. The van der Waals surface area contributed by atoms with Gasteiger partial charge in [-0.05, 0) is 30.2 Å². The molecule has 1 atom stereocenters. The van der Waals surface area contributed by atoms with Crippen molar-refractivity contribution in [1.29, 1.82) is 0 Å². The van der Waals surface area contributed by atoms with Gasteiger partial charge in [0, 0.05) is 29.1 Å². The standard InChI is InChI=1S/C13H16Cl2N4/c1-2-3-19-13(17-8-18-19)7-12(16)9-4-10(14)6-11(15)5-9/h4-6,8,12H,2-3,7,16H2,1H3. The van der Waals surface area contributed by atoms with Gasteiger partial charge in [0.25, 0.3) is 0 Å². The lowest BCUT2D eigenvalue weighted by Gasteiger charge is -2.13. The Morgan fingerprint density at radius 3 is 2.58 bits per heavy atom. The van der Waals surface area contributed by atoms with Crippen molar-refractivity contribution in [2.45, 2.75) is 32.4 Å². The summed E-state index contributed by atoms with van der Waals surface area (Å²) in [5, 5.41) is 5.37. The van der Waals surface area contributed by atoms with Crippen molar-refractivity contribution in [3.05, 3.63) is 46.0 Å². The molecule has 19 heavy (non-hydrogen) atoms. The Morgan fingerprint density at radius 1 is 1.26 bits per heavy atom. The first-order valence-electron chi connectivity index (χ1n) is 6.18. The quantitative estimate of drug-likeness (QED) is 0.922. The minimum atomic E-state index is -0.198. The number of nitrogens with two attached hydrogens (primary N) is 1. The lowest BCUT2D eigenvalue weighted by Crippen LogP contribution is -2.17. The Labute approximate surface area is 122 Å². The third-order valence-electron chi connectivity index (χ3n) is 2.85. The van der Waals surface area contributed by atoms with Gasteiger partial charge in [0.2, 0.25) is 0 Å². The van der Waals surface area contributed by atoms with Crippen LogP contribution in [-0.4, -0.2) is 14.8 Å². The van der Waals surface area contributed by atoms with Crippen molar-refractivity contribution in [2.75, 3.05) is 0 Å². The van der Waals surface area contributed by atoms with Gasteiger partial charge in [0.05, 0.1) is 0 Å². The second-order valence-corrected chi connectivity index (χ2v) is 5.29. The highest BCUT2D eigenvalue weighted by atomic mass is 35.5. The smallest absolute Gasteiger partial charge is 0.138 e. The van der Waals surface area contributed by atoms with E-state index in [1.54, 1.807) is 12.4 Å². The Bertz CT molecular complexity index is 533. The van der Waals surface area contributed by atoms with Crippen LogP contribution in [0.15, 0.2) is 24.5 Å². The molecule has 1 heterocycles. The second-order valence-electron chi connectivity index (χ2n) is 4.41. The number of aromatic nitrogens is 3. The number of benzene rings is 1. The molecule has 0 bridgehead atoms. The number of halogens is 2. The molecule has 0 aliphatic heterocycles. The van der Waals surface area contributed by atoms with E-state index < -0.39 is 0 Å². The van der Waals surface area contributed by atoms with E-state index in [0.29, 0.717) is 16.5 Å². The van der Waals surface area contributed by atoms with E-state index in [0.717, 1.165) is 24.4 Å². The van der Waals surface area contributed by atoms with Crippen LogP contribution in [0, 0.1) is 0 Å². The second kappa shape index (κ2) is 6.37. The van der Waals surface area contributed by atoms with Gasteiger partial charge in [-0.2, -0.15) is 5.10 Å². The molecule has 2 rings (SSSR count). The maximum atomic E-state index is 6.19. The molecule has 2 N–H and O–H groups in total. The molecule has 0 saturated heterocycles. The summed E-state index contributed by atoms with van der Waals surface area (Å²) in [6.45, 7) is 2.94. The molecule has 1 aromatic carbocycles. The molecular formula is C13H16Cl2N4. The summed E-state index contributed by atoms with van der Waals surface area (Å²) in [4.78, 5) is 4.25. The fourth-order valence-electron chi connectivity index (χ4n) is 1.95. The van der Waals surface area contributed by atoms with Gasteiger partial charge in [-0.25, -0.2) is 4.98 Å². The molecule has 0 saturated carbocycles. The topological polar surface area (TPSA) is 56.7 Å². The van der Waals surface area contributed by atoms with Crippen LogP contribution < -0.4 is 5.73 Å². The van der Waals surface area contributed by atoms with Crippen LogP contribution >= 0.6 is 23.2 Å². The summed E-state index contributed by atoms with van der Waals surface area (Å²) in [6.07, 6.45) is 3.17. The van der Waals surface area contributed by atoms with E-state index >= 15 is 0 Å². The van der Waals surface area contributed by atoms with E-state index in [9.17, 15) is 0 Å². The minimum Gasteiger partial charge on any atom is -0.324 e. The summed E-state index contributed by atoms with van der Waals surface area (Å²) in [5.41, 5.74) is 7.10. The fourth-order valence-corrected chi connectivity index (χ4v) is 2.49. The number of hydrogen-bond acceptors (Lipinski definition) is 3. The Hall–Kier alpha value is -1.10. The molecule has 0 fully saturated rings. The Kier molecular flexibility index (Phi) is 4.80. The maximum absolute atomic E-state index is 6.19. The normalized spacial score (nSPS) is 12.6. The van der Waals surface area contributed by atoms with E-state index in [1.165, 1.54) is 0 Å². The van der Waals surface area contributed by atoms with Gasteiger partial charge < -0.3 is 5.73 Å². The van der Waals surface area contributed by atoms with E-state index in [4.69, 9.17) is 28.9 Å². The lowest BCUT2D eigenvalue weighted by atomic mass is 10.0. The van der Waals surface area contributed by atoms with Crippen molar-refractivity contribution in [1.82, 2.24) is 14.8 Å². The molecule has 0 amide bonds. The predicted molar refractivity (Wildman–Crippen MR) is 77.4 cm³/mol. The summed E-state index contributed by atoms with van der Waals surface area (Å²) in [6, 6.07) is 5.16. The van der Waals surface area contributed by atoms with Crippen molar-refractivity contribution < 1.29 is 0 Å². The monoisotopic (exact) mass is 298 g/mol. The van der Waals surface area contributed by atoms with E-state index in [1.807, 2.05) is 16.8 Å². The first kappa shape index (κ1) is 14.3. The molecule has 1 unspecified atom stereocenters. The average molecular weight is 299 g/mol. The number of aryl methyl sites for hydroxylation is 1. The molecule has 102 valence electrons. The third kappa shape index (κ3) is 3.69. The summed E-state index contributed by atoms with van der Waals surface area (Å²) in [7, 11) is 0. The van der Waals surface area contributed by atoms with Crippen LogP contribution in [0.5, 0.6) is 0 Å². The molecule has 0 radical (unpaired) electrons. The van der Waals surface area contributed by atoms with Crippen LogP contribution in [-0.2, 0) is 13.0 Å². The number of rotatable bonds is 5. The Morgan fingerprint density at radius 2 is 1.95 bits per heavy atom. The van der Waals surface area contributed by atoms with E-state index in [2.05, 4.69) is 17.0 Å². The third-order valence-corrected chi connectivity index (χ3v) is 3.28. The molecule has 1 aromatic heterocycles. The van der Waals surface area contributed by atoms with Gasteiger partial charge in [0.1, 0.15) is 12.2 Å². The first-order valence-corrected chi connectivity index (χ1v) is 6.94. The summed E-state index contributed by atoms with van der Waals surface area (Å²) in [5.74, 6) is 0.880. The van der Waals surface area contributed by atoms with Gasteiger partial charge in [-0.3, -0.25) is 4.68 Å². The van der Waals surface area contributed by atoms with Crippen LogP contribution in [0.25, 0.3) is 0 Å². The fraction of sp³-hybridized carbons (Fsp3) is 0.385. The van der Waals surface area contributed by atoms with Gasteiger partial charge >= 0.3 is 0 Å². The molecule has 4 nitrogen and oxygen atoms in total. The van der Waals surface area contributed by atoms with Gasteiger partial charge in [0.15, 0.2) is 0 Å². The molecule has 0 aliphatic carbocycles. The van der Waals surface area contributed by atoms with Crippen molar-refractivity contribution in [2.24, 2.45) is 5.73 Å². The SMILES string of the molecule is CCCn1ncnc1CC(N)c1cc(Cl)cc(Cl)c1. The average Bonchev–Trinajstić information content (AvgIpc) is 2.76. The van der Waals surface area contributed by atoms with Crippen LogP contribution in [0.4, 0.5) is 0 Å². The van der Waals surface area contributed by atoms with Crippen LogP contribution in [0.1, 0.15) is 30.8 Å². The molecular weight excluding hydrogens is 283 g/mol. The van der Waals surface area contributed by atoms with Crippen LogP contribution in [0.3, 0.4) is 0 Å². The molecule has 0 spiro atoms. The number of nitrogens with zero attached hydrogens (tertiary/aromatic N) is 3. The molecule has 2 aromatic rings. The Balaban J connectivity index is 2.15. The van der Waals surface area contributed by atoms with Crippen molar-refractivity contribution in [3.63, 3.8) is 0 Å². The molecule has 0 aliphatic rings. The van der Waals surface area contributed by atoms with Crippen molar-refractivity contribution in [3.8, 4) is 0 Å². The summed E-state index contributed by atoms with van der Waals surface area (Å²) >= 11 is 12.0. The minimum absolute atomic E-state index is 0.198. The summed E-state index contributed by atoms with van der Waals surface area (Å²) < 4.78 is 1.88. The maximum Gasteiger partial charge on any atom is 0.138 e. The number of hydrogen-bond donors (Lipinski definition) is 1. The largest absolute Gasteiger partial charge is 0.324 e. The lowest BCUT2D eigenvalue weighted by molar-refractivity contribution is 0.548. The van der Waals surface area contributed by atoms with Gasteiger partial charge in [-0.1, -0.05) is 30.1 Å². The molecule has 6 heteroatoms. The van der Waals surface area contributed by atoms with E-state index in [-0.39, 0.29) is 6.04 Å². The zero-order valence-corrected chi connectivity index (χ0v) is 12.2. The highest BCUT2D eigenvalue weighted by Crippen LogP contribution is 2.24. The highest BCUT2D eigenvalue weighted by Gasteiger charge is 2.13. The first-order chi connectivity index (χ1) is 9.10.